The maximum Gasteiger partial charge on any atom is 0.194 e. The third-order valence-electron chi connectivity index (χ3n) is 2.44. The maximum absolute atomic E-state index is 12.3. The molecule has 0 fully saturated rings. The van der Waals surface area contributed by atoms with Crippen LogP contribution in [0.5, 0.6) is 0 Å². The summed E-state index contributed by atoms with van der Waals surface area (Å²) in [6, 6.07) is 10.0. The van der Waals surface area contributed by atoms with Crippen molar-refractivity contribution in [3.8, 4) is 0 Å². The van der Waals surface area contributed by atoms with Gasteiger partial charge in [-0.2, -0.15) is 0 Å². The lowest BCUT2D eigenvalue weighted by Gasteiger charge is -2.06. The van der Waals surface area contributed by atoms with Crippen molar-refractivity contribution in [1.29, 1.82) is 0 Å². The molecule has 0 aliphatic carbocycles. The summed E-state index contributed by atoms with van der Waals surface area (Å²) in [6.07, 6.45) is 0. The van der Waals surface area contributed by atoms with Gasteiger partial charge in [0.2, 0.25) is 0 Å². The summed E-state index contributed by atoms with van der Waals surface area (Å²) in [7, 11) is 0. The van der Waals surface area contributed by atoms with E-state index in [4.69, 9.17) is 28.9 Å². The van der Waals surface area contributed by atoms with Crippen LogP contribution in [0.15, 0.2) is 36.4 Å². The molecule has 0 radical (unpaired) electrons. The molecular weight excluding hydrogens is 384 g/mol. The van der Waals surface area contributed by atoms with Crippen molar-refractivity contribution in [2.24, 2.45) is 0 Å². The smallest absolute Gasteiger partial charge is 0.194 e. The van der Waals surface area contributed by atoms with Crippen LogP contribution in [0.3, 0.4) is 0 Å². The fourth-order valence-corrected chi connectivity index (χ4v) is 2.43. The highest BCUT2D eigenvalue weighted by molar-refractivity contribution is 14.1. The highest BCUT2D eigenvalue weighted by Gasteiger charge is 2.14. The lowest BCUT2D eigenvalue weighted by atomic mass is 10.0. The van der Waals surface area contributed by atoms with E-state index >= 15 is 0 Å². The van der Waals surface area contributed by atoms with Crippen molar-refractivity contribution < 1.29 is 4.79 Å². The Kier molecular flexibility index (Phi) is 4.14. The molecular formula is C13H8Cl2INO. The zero-order valence-electron chi connectivity index (χ0n) is 9.08. The van der Waals surface area contributed by atoms with Crippen LogP contribution in [0.25, 0.3) is 0 Å². The van der Waals surface area contributed by atoms with E-state index in [9.17, 15) is 4.79 Å². The Labute approximate surface area is 128 Å². The number of hydrogen-bond acceptors (Lipinski definition) is 2. The van der Waals surface area contributed by atoms with Crippen LogP contribution in [0.1, 0.15) is 15.9 Å². The van der Waals surface area contributed by atoms with Crippen molar-refractivity contribution in [3.05, 3.63) is 61.1 Å². The highest BCUT2D eigenvalue weighted by Crippen LogP contribution is 2.24. The third-order valence-corrected chi connectivity index (χ3v) is 3.94. The Hall–Kier alpha value is -0.780. The van der Waals surface area contributed by atoms with Crippen molar-refractivity contribution >= 4 is 57.3 Å². The van der Waals surface area contributed by atoms with Crippen molar-refractivity contribution in [2.75, 3.05) is 5.73 Å². The van der Waals surface area contributed by atoms with Gasteiger partial charge in [-0.05, 0) is 59.0 Å². The second-order valence-electron chi connectivity index (χ2n) is 3.69. The fraction of sp³-hybridized carbons (Fsp3) is 0. The molecule has 0 heterocycles. The van der Waals surface area contributed by atoms with Gasteiger partial charge < -0.3 is 5.73 Å². The maximum atomic E-state index is 12.3. The molecule has 5 heteroatoms. The van der Waals surface area contributed by atoms with E-state index in [0.29, 0.717) is 26.9 Å². The number of anilines is 1. The third kappa shape index (κ3) is 2.79. The Morgan fingerprint density at radius 3 is 2.50 bits per heavy atom. The predicted molar refractivity (Wildman–Crippen MR) is 83.5 cm³/mol. The van der Waals surface area contributed by atoms with E-state index in [1.54, 1.807) is 36.4 Å². The lowest BCUT2D eigenvalue weighted by molar-refractivity contribution is 0.103. The molecule has 2 rings (SSSR count). The van der Waals surface area contributed by atoms with E-state index in [1.165, 1.54) is 0 Å². The zero-order chi connectivity index (χ0) is 13.3. The number of ketones is 1. The van der Waals surface area contributed by atoms with Crippen LogP contribution in [-0.2, 0) is 0 Å². The lowest BCUT2D eigenvalue weighted by Crippen LogP contribution is -2.04. The van der Waals surface area contributed by atoms with Crippen molar-refractivity contribution in [2.45, 2.75) is 0 Å². The van der Waals surface area contributed by atoms with Crippen LogP contribution in [0.2, 0.25) is 10.0 Å². The summed E-state index contributed by atoms with van der Waals surface area (Å²) in [4.78, 5) is 12.3. The number of benzene rings is 2. The van der Waals surface area contributed by atoms with Gasteiger partial charge in [-0.1, -0.05) is 23.2 Å². The number of carbonyl (C=O) groups excluding carboxylic acids is 1. The van der Waals surface area contributed by atoms with E-state index in [0.717, 1.165) is 3.57 Å². The van der Waals surface area contributed by atoms with Crippen LogP contribution < -0.4 is 5.73 Å². The zero-order valence-corrected chi connectivity index (χ0v) is 12.8. The van der Waals surface area contributed by atoms with Gasteiger partial charge in [0.25, 0.3) is 0 Å². The Bertz CT molecular complexity index is 628. The monoisotopic (exact) mass is 391 g/mol. The molecule has 0 aliphatic heterocycles. The Morgan fingerprint density at radius 1 is 1.11 bits per heavy atom. The number of rotatable bonds is 2. The number of halogens is 3. The summed E-state index contributed by atoms with van der Waals surface area (Å²) in [5, 5.41) is 0.901. The van der Waals surface area contributed by atoms with Crippen LogP contribution >= 0.6 is 45.8 Å². The molecule has 0 amide bonds. The first kappa shape index (κ1) is 13.6. The minimum Gasteiger partial charge on any atom is -0.398 e. The number of carbonyl (C=O) groups is 1. The quantitative estimate of drug-likeness (QED) is 0.468. The molecule has 2 aromatic rings. The molecule has 0 unspecified atom stereocenters. The van der Waals surface area contributed by atoms with Gasteiger partial charge in [0.05, 0.1) is 10.7 Å². The molecule has 0 aliphatic rings. The summed E-state index contributed by atoms with van der Waals surface area (Å²) >= 11 is 13.9. The topological polar surface area (TPSA) is 43.1 Å². The second-order valence-corrected chi connectivity index (χ2v) is 5.70. The summed E-state index contributed by atoms with van der Waals surface area (Å²) in [5.74, 6) is -0.121. The largest absolute Gasteiger partial charge is 0.398 e. The molecule has 2 nitrogen and oxygen atoms in total. The van der Waals surface area contributed by atoms with Gasteiger partial charge in [0, 0.05) is 19.7 Å². The SMILES string of the molecule is Nc1ccc(C(=O)c2cc(Cl)ccc2I)cc1Cl. The van der Waals surface area contributed by atoms with Gasteiger partial charge in [0.15, 0.2) is 5.78 Å². The molecule has 0 saturated carbocycles. The fourth-order valence-electron chi connectivity index (χ4n) is 1.50. The van der Waals surface area contributed by atoms with E-state index < -0.39 is 0 Å². The molecule has 18 heavy (non-hydrogen) atoms. The van der Waals surface area contributed by atoms with Crippen LogP contribution in [0, 0.1) is 3.57 Å². The van der Waals surface area contributed by atoms with E-state index in [1.807, 2.05) is 0 Å². The second kappa shape index (κ2) is 5.47. The highest BCUT2D eigenvalue weighted by atomic mass is 127. The Morgan fingerprint density at radius 2 is 1.83 bits per heavy atom. The van der Waals surface area contributed by atoms with Crippen LogP contribution in [-0.4, -0.2) is 5.78 Å². The molecule has 0 atom stereocenters. The van der Waals surface area contributed by atoms with Gasteiger partial charge in [-0.25, -0.2) is 0 Å². The molecule has 92 valence electrons. The van der Waals surface area contributed by atoms with Gasteiger partial charge in [-0.15, -0.1) is 0 Å². The first-order valence-electron chi connectivity index (χ1n) is 5.04. The normalized spacial score (nSPS) is 10.4. The molecule has 0 saturated heterocycles. The average molecular weight is 392 g/mol. The predicted octanol–water partition coefficient (Wildman–Crippen LogP) is 4.41. The molecule has 0 aromatic heterocycles. The summed E-state index contributed by atoms with van der Waals surface area (Å²) in [6.45, 7) is 0. The number of hydrogen-bond donors (Lipinski definition) is 1. The number of nitrogens with two attached hydrogens (primary N) is 1. The van der Waals surface area contributed by atoms with Crippen molar-refractivity contribution in [1.82, 2.24) is 0 Å². The minimum atomic E-state index is -0.121. The first-order valence-corrected chi connectivity index (χ1v) is 6.87. The van der Waals surface area contributed by atoms with Crippen LogP contribution in [0.4, 0.5) is 5.69 Å². The van der Waals surface area contributed by atoms with Crippen molar-refractivity contribution in [3.63, 3.8) is 0 Å². The number of nitrogen functional groups attached to an aromatic ring is 1. The molecule has 0 bridgehead atoms. The van der Waals surface area contributed by atoms with Gasteiger partial charge in [0.1, 0.15) is 0 Å². The first-order chi connectivity index (χ1) is 8.49. The molecule has 2 aromatic carbocycles. The Balaban J connectivity index is 2.47. The average Bonchev–Trinajstić information content (AvgIpc) is 2.35. The summed E-state index contributed by atoms with van der Waals surface area (Å²) < 4.78 is 0.843. The van der Waals surface area contributed by atoms with Gasteiger partial charge >= 0.3 is 0 Å². The standard InChI is InChI=1S/C13H8Cl2INO/c14-8-2-3-11(16)9(6-8)13(18)7-1-4-12(17)10(15)5-7/h1-6H,17H2. The van der Waals surface area contributed by atoms with Gasteiger partial charge in [-0.3, -0.25) is 4.79 Å². The summed E-state index contributed by atoms with van der Waals surface area (Å²) in [5.41, 5.74) is 7.12. The minimum absolute atomic E-state index is 0.121. The molecule has 0 spiro atoms. The van der Waals surface area contributed by atoms with E-state index in [2.05, 4.69) is 22.6 Å². The van der Waals surface area contributed by atoms with E-state index in [-0.39, 0.29) is 5.78 Å². The molecule has 2 N–H and O–H groups in total.